The summed E-state index contributed by atoms with van der Waals surface area (Å²) in [5, 5.41) is 12.1. The summed E-state index contributed by atoms with van der Waals surface area (Å²) in [6.45, 7) is 2.94. The summed E-state index contributed by atoms with van der Waals surface area (Å²) in [7, 11) is 0. The number of anilines is 2. The molecule has 0 saturated carbocycles. The lowest BCUT2D eigenvalue weighted by Gasteiger charge is -2.29. The third kappa shape index (κ3) is 1.68. The van der Waals surface area contributed by atoms with E-state index in [9.17, 15) is 4.79 Å². The summed E-state index contributed by atoms with van der Waals surface area (Å²) < 4.78 is 0. The van der Waals surface area contributed by atoms with Gasteiger partial charge < -0.3 is 15.3 Å². The van der Waals surface area contributed by atoms with Crippen LogP contribution in [0.25, 0.3) is 0 Å². The molecule has 2 rings (SSSR count). The van der Waals surface area contributed by atoms with Crippen molar-refractivity contribution < 1.29 is 9.90 Å². The zero-order chi connectivity index (χ0) is 10.8. The number of carbonyl (C=O) groups is 1. The van der Waals surface area contributed by atoms with Crippen LogP contribution >= 0.6 is 0 Å². The Morgan fingerprint density at radius 3 is 3.00 bits per heavy atom. The number of aliphatic hydroxyl groups is 1. The lowest BCUT2D eigenvalue weighted by Crippen LogP contribution is -2.39. The minimum Gasteiger partial charge on any atom is -0.392 e. The first-order chi connectivity index (χ1) is 7.26. The summed E-state index contributed by atoms with van der Waals surface area (Å²) >= 11 is 0. The summed E-state index contributed by atoms with van der Waals surface area (Å²) in [5.41, 5.74) is 2.64. The second-order valence-electron chi connectivity index (χ2n) is 3.50. The van der Waals surface area contributed by atoms with Crippen molar-refractivity contribution in [2.75, 3.05) is 23.3 Å². The van der Waals surface area contributed by atoms with Gasteiger partial charge in [0.25, 0.3) is 0 Å². The van der Waals surface area contributed by atoms with Crippen LogP contribution in [0.2, 0.25) is 0 Å². The van der Waals surface area contributed by atoms with E-state index < -0.39 is 0 Å². The van der Waals surface area contributed by atoms with Crippen molar-refractivity contribution in [2.45, 2.75) is 13.5 Å². The molecule has 0 radical (unpaired) electrons. The smallest absolute Gasteiger partial charge is 0.246 e. The van der Waals surface area contributed by atoms with E-state index in [4.69, 9.17) is 5.11 Å². The molecule has 0 atom stereocenters. The van der Waals surface area contributed by atoms with Gasteiger partial charge in [0.2, 0.25) is 5.91 Å². The first kappa shape index (κ1) is 9.98. The van der Waals surface area contributed by atoms with Crippen LogP contribution < -0.4 is 10.2 Å². The standard InChI is InChI=1S/C11H14N2O2/c1-2-13-10-5-8(7-14)3-4-9(10)12-6-11(13)15/h3-5,12,14H,2,6-7H2,1H3. The highest BCUT2D eigenvalue weighted by molar-refractivity contribution is 6.02. The van der Waals surface area contributed by atoms with Crippen molar-refractivity contribution in [1.29, 1.82) is 0 Å². The second-order valence-corrected chi connectivity index (χ2v) is 3.50. The molecule has 4 nitrogen and oxygen atoms in total. The number of benzene rings is 1. The number of hydrogen-bond acceptors (Lipinski definition) is 3. The van der Waals surface area contributed by atoms with E-state index in [1.807, 2.05) is 25.1 Å². The fourth-order valence-electron chi connectivity index (χ4n) is 1.80. The lowest BCUT2D eigenvalue weighted by molar-refractivity contribution is -0.117. The van der Waals surface area contributed by atoms with E-state index >= 15 is 0 Å². The van der Waals surface area contributed by atoms with Crippen molar-refractivity contribution in [1.82, 2.24) is 0 Å². The molecule has 1 amide bonds. The third-order valence-corrected chi connectivity index (χ3v) is 2.58. The Hall–Kier alpha value is -1.55. The van der Waals surface area contributed by atoms with Crippen molar-refractivity contribution in [3.05, 3.63) is 23.8 Å². The molecule has 0 saturated heterocycles. The first-order valence-electron chi connectivity index (χ1n) is 5.04. The minimum absolute atomic E-state index is 0.000967. The van der Waals surface area contributed by atoms with Crippen LogP contribution in [0, 0.1) is 0 Å². The monoisotopic (exact) mass is 206 g/mol. The lowest BCUT2D eigenvalue weighted by atomic mass is 10.1. The quantitative estimate of drug-likeness (QED) is 0.757. The molecule has 1 heterocycles. The number of nitrogens with one attached hydrogen (secondary N) is 1. The Morgan fingerprint density at radius 1 is 1.53 bits per heavy atom. The van der Waals surface area contributed by atoms with Crippen LogP contribution in [-0.2, 0) is 11.4 Å². The zero-order valence-electron chi connectivity index (χ0n) is 8.66. The van der Waals surface area contributed by atoms with Gasteiger partial charge in [0.05, 0.1) is 24.5 Å². The topological polar surface area (TPSA) is 52.6 Å². The maximum Gasteiger partial charge on any atom is 0.246 e. The van der Waals surface area contributed by atoms with Gasteiger partial charge in [0.1, 0.15) is 0 Å². The maximum atomic E-state index is 11.6. The normalized spacial score (nSPS) is 14.8. The average Bonchev–Trinajstić information content (AvgIpc) is 2.28. The molecule has 0 bridgehead atoms. The Labute approximate surface area is 88.5 Å². The van der Waals surface area contributed by atoms with Gasteiger partial charge in [-0.2, -0.15) is 0 Å². The molecule has 1 aromatic rings. The third-order valence-electron chi connectivity index (χ3n) is 2.58. The zero-order valence-corrected chi connectivity index (χ0v) is 8.66. The molecule has 0 spiro atoms. The fraction of sp³-hybridized carbons (Fsp3) is 0.364. The highest BCUT2D eigenvalue weighted by atomic mass is 16.3. The van der Waals surface area contributed by atoms with E-state index in [1.54, 1.807) is 4.90 Å². The van der Waals surface area contributed by atoms with E-state index in [0.717, 1.165) is 16.9 Å². The summed E-state index contributed by atoms with van der Waals surface area (Å²) in [4.78, 5) is 13.3. The Kier molecular flexibility index (Phi) is 2.60. The van der Waals surface area contributed by atoms with Crippen LogP contribution in [0.15, 0.2) is 18.2 Å². The molecule has 1 aliphatic rings. The maximum absolute atomic E-state index is 11.6. The summed E-state index contributed by atoms with van der Waals surface area (Å²) in [6, 6.07) is 5.61. The molecule has 4 heteroatoms. The van der Waals surface area contributed by atoms with E-state index in [0.29, 0.717) is 13.1 Å². The van der Waals surface area contributed by atoms with E-state index in [1.165, 1.54) is 0 Å². The SMILES string of the molecule is CCN1C(=O)CNc2ccc(CO)cc21. The van der Waals surface area contributed by atoms with Crippen molar-refractivity contribution in [3.8, 4) is 0 Å². The molecular formula is C11H14N2O2. The van der Waals surface area contributed by atoms with Crippen LogP contribution in [-0.4, -0.2) is 24.1 Å². The minimum atomic E-state index is -0.000967. The average molecular weight is 206 g/mol. The number of likely N-dealkylation sites (N-methyl/N-ethyl adjacent to an activating group) is 1. The highest BCUT2D eigenvalue weighted by Gasteiger charge is 2.22. The number of amides is 1. The molecule has 1 aromatic carbocycles. The molecule has 2 N–H and O–H groups in total. The Morgan fingerprint density at radius 2 is 2.33 bits per heavy atom. The van der Waals surface area contributed by atoms with Gasteiger partial charge in [-0.05, 0) is 24.6 Å². The molecule has 1 aliphatic heterocycles. The van der Waals surface area contributed by atoms with Crippen molar-refractivity contribution >= 4 is 17.3 Å². The molecule has 0 fully saturated rings. The number of hydrogen-bond donors (Lipinski definition) is 2. The molecule has 0 aromatic heterocycles. The molecular weight excluding hydrogens is 192 g/mol. The second kappa shape index (κ2) is 3.90. The number of rotatable bonds is 2. The van der Waals surface area contributed by atoms with Gasteiger partial charge in [-0.15, -0.1) is 0 Å². The van der Waals surface area contributed by atoms with Gasteiger partial charge in [-0.25, -0.2) is 0 Å². The van der Waals surface area contributed by atoms with Gasteiger partial charge >= 0.3 is 0 Å². The predicted octanol–water partition coefficient (Wildman–Crippen LogP) is 0.957. The largest absolute Gasteiger partial charge is 0.392 e. The van der Waals surface area contributed by atoms with Gasteiger partial charge in [0, 0.05) is 6.54 Å². The van der Waals surface area contributed by atoms with Crippen LogP contribution in [0.3, 0.4) is 0 Å². The summed E-state index contributed by atoms with van der Waals surface area (Å²) in [6.07, 6.45) is 0. The number of carbonyl (C=O) groups excluding carboxylic acids is 1. The van der Waals surface area contributed by atoms with Crippen LogP contribution in [0.5, 0.6) is 0 Å². The molecule has 15 heavy (non-hydrogen) atoms. The highest BCUT2D eigenvalue weighted by Crippen LogP contribution is 2.30. The van der Waals surface area contributed by atoms with Crippen molar-refractivity contribution in [2.24, 2.45) is 0 Å². The first-order valence-corrected chi connectivity index (χ1v) is 5.04. The van der Waals surface area contributed by atoms with E-state index in [2.05, 4.69) is 5.32 Å². The van der Waals surface area contributed by atoms with Gasteiger partial charge in [-0.1, -0.05) is 6.07 Å². The molecule has 0 aliphatic carbocycles. The Balaban J connectivity index is 2.45. The predicted molar refractivity (Wildman–Crippen MR) is 58.9 cm³/mol. The van der Waals surface area contributed by atoms with Crippen LogP contribution in [0.1, 0.15) is 12.5 Å². The molecule has 80 valence electrons. The number of fused-ring (bicyclic) bond motifs is 1. The van der Waals surface area contributed by atoms with Crippen molar-refractivity contribution in [3.63, 3.8) is 0 Å². The number of aliphatic hydroxyl groups excluding tert-OH is 1. The fourth-order valence-corrected chi connectivity index (χ4v) is 1.80. The Bertz CT molecular complexity index is 390. The number of nitrogens with zero attached hydrogens (tertiary/aromatic N) is 1. The summed E-state index contributed by atoms with van der Waals surface area (Å²) in [5.74, 6) is 0.0695. The van der Waals surface area contributed by atoms with Gasteiger partial charge in [0.15, 0.2) is 0 Å². The van der Waals surface area contributed by atoms with Gasteiger partial charge in [-0.3, -0.25) is 4.79 Å². The molecule has 0 unspecified atom stereocenters. The van der Waals surface area contributed by atoms with Crippen LogP contribution in [0.4, 0.5) is 11.4 Å². The van der Waals surface area contributed by atoms with E-state index in [-0.39, 0.29) is 12.5 Å².